The minimum absolute atomic E-state index is 0.178. The number of rotatable bonds is 3. The fraction of sp³-hybridized carbons (Fsp3) is 0.105. The third kappa shape index (κ3) is 3.13. The smallest absolute Gasteiger partial charge is 0.276 e. The maximum absolute atomic E-state index is 14.6. The highest BCUT2D eigenvalue weighted by molar-refractivity contribution is 8.14. The fourth-order valence-corrected chi connectivity index (χ4v) is 3.82. The first-order chi connectivity index (χ1) is 13.1. The fourth-order valence-electron chi connectivity index (χ4n) is 2.98. The van der Waals surface area contributed by atoms with Crippen LogP contribution in [0, 0.1) is 5.82 Å². The van der Waals surface area contributed by atoms with Crippen molar-refractivity contribution in [3.05, 3.63) is 82.1 Å². The molecule has 0 bridgehead atoms. The zero-order valence-corrected chi connectivity index (χ0v) is 15.6. The number of benzene rings is 2. The first kappa shape index (κ1) is 17.8. The number of hydrogen-bond acceptors (Lipinski definition) is 5. The highest BCUT2D eigenvalue weighted by atomic mass is 35.5. The van der Waals surface area contributed by atoms with Gasteiger partial charge in [-0.15, -0.1) is 11.7 Å². The Morgan fingerprint density at radius 3 is 2.89 bits per heavy atom. The van der Waals surface area contributed by atoms with E-state index in [2.05, 4.69) is 22.0 Å². The van der Waals surface area contributed by atoms with Gasteiger partial charge in [0.15, 0.2) is 11.3 Å². The molecule has 0 aliphatic carbocycles. The van der Waals surface area contributed by atoms with Gasteiger partial charge < -0.3 is 0 Å². The van der Waals surface area contributed by atoms with E-state index in [1.54, 1.807) is 24.3 Å². The summed E-state index contributed by atoms with van der Waals surface area (Å²) in [4.78, 5) is 17.5. The summed E-state index contributed by atoms with van der Waals surface area (Å²) in [6.45, 7) is 3.67. The van der Waals surface area contributed by atoms with Crippen LogP contribution >= 0.6 is 23.4 Å². The number of carbonyl (C=O) groups excluding carboxylic acids is 1. The highest BCUT2D eigenvalue weighted by Gasteiger charge is 2.36. The molecule has 2 aromatic rings. The molecule has 0 aromatic heterocycles. The van der Waals surface area contributed by atoms with E-state index in [4.69, 9.17) is 11.6 Å². The van der Waals surface area contributed by atoms with Crippen LogP contribution in [-0.4, -0.2) is 21.8 Å². The van der Waals surface area contributed by atoms with Crippen molar-refractivity contribution < 1.29 is 9.18 Å². The molecule has 136 valence electrons. The first-order valence-corrected chi connectivity index (χ1v) is 9.50. The number of hydrazone groups is 1. The Morgan fingerprint density at radius 1 is 1.30 bits per heavy atom. The van der Waals surface area contributed by atoms with Gasteiger partial charge in [0.2, 0.25) is 0 Å². The minimum Gasteiger partial charge on any atom is -0.298 e. The van der Waals surface area contributed by atoms with Crippen LogP contribution in [0.2, 0.25) is 5.02 Å². The quantitative estimate of drug-likeness (QED) is 0.805. The lowest BCUT2D eigenvalue weighted by Gasteiger charge is -2.34. The summed E-state index contributed by atoms with van der Waals surface area (Å²) < 4.78 is 14.6. The lowest BCUT2D eigenvalue weighted by atomic mass is 10.1. The molecule has 2 aliphatic rings. The zero-order valence-electron chi connectivity index (χ0n) is 14.0. The van der Waals surface area contributed by atoms with Crippen LogP contribution in [-0.2, 0) is 4.79 Å². The van der Waals surface area contributed by atoms with Crippen LogP contribution in [0.1, 0.15) is 11.7 Å². The summed E-state index contributed by atoms with van der Waals surface area (Å²) in [5, 5.41) is 10.6. The Labute approximate surface area is 163 Å². The summed E-state index contributed by atoms with van der Waals surface area (Å²) in [5.74, 6) is -0.256. The van der Waals surface area contributed by atoms with Crippen molar-refractivity contribution in [1.82, 2.24) is 10.3 Å². The Hall–Kier alpha value is -2.64. The summed E-state index contributed by atoms with van der Waals surface area (Å²) in [6.07, 6.45) is 0.827. The van der Waals surface area contributed by atoms with E-state index >= 15 is 0 Å². The molecule has 4 rings (SSSR count). The maximum atomic E-state index is 14.6. The SMILES string of the molecule is C=CCSC1=NN2C(=c3ccccc3=NC2c2c(F)cccc2Cl)C(=O)N1. The molecule has 5 nitrogen and oxygen atoms in total. The molecule has 2 aliphatic heterocycles. The van der Waals surface area contributed by atoms with Crippen LogP contribution in [0.3, 0.4) is 0 Å². The number of halogens is 2. The zero-order chi connectivity index (χ0) is 19.0. The second-order valence-corrected chi connectivity index (χ2v) is 7.22. The molecule has 1 amide bonds. The van der Waals surface area contributed by atoms with Crippen molar-refractivity contribution in [3.63, 3.8) is 0 Å². The lowest BCUT2D eigenvalue weighted by Crippen LogP contribution is -2.50. The van der Waals surface area contributed by atoms with Gasteiger partial charge in [-0.1, -0.05) is 53.7 Å². The molecular weight excluding hydrogens is 387 g/mol. The van der Waals surface area contributed by atoms with E-state index in [0.29, 0.717) is 27.2 Å². The second kappa shape index (κ2) is 7.17. The van der Waals surface area contributed by atoms with E-state index in [9.17, 15) is 9.18 Å². The lowest BCUT2D eigenvalue weighted by molar-refractivity contribution is -0.116. The summed E-state index contributed by atoms with van der Waals surface area (Å²) in [6, 6.07) is 11.6. The predicted molar refractivity (Wildman–Crippen MR) is 105 cm³/mol. The van der Waals surface area contributed by atoms with Gasteiger partial charge >= 0.3 is 0 Å². The number of amidine groups is 1. The van der Waals surface area contributed by atoms with Crippen molar-refractivity contribution in [2.45, 2.75) is 6.17 Å². The number of amides is 1. The van der Waals surface area contributed by atoms with Crippen LogP contribution < -0.4 is 15.9 Å². The largest absolute Gasteiger partial charge is 0.298 e. The number of nitrogens with zero attached hydrogens (tertiary/aromatic N) is 3. The molecule has 1 atom stereocenters. The molecule has 27 heavy (non-hydrogen) atoms. The predicted octanol–water partition coefficient (Wildman–Crippen LogP) is 2.54. The van der Waals surface area contributed by atoms with Gasteiger partial charge in [-0.3, -0.25) is 15.1 Å². The average molecular weight is 401 g/mol. The Bertz CT molecular complexity index is 1080. The molecule has 1 N–H and O–H groups in total. The number of carbonyl (C=O) groups is 1. The van der Waals surface area contributed by atoms with Crippen LogP contribution in [0.5, 0.6) is 0 Å². The second-order valence-electron chi connectivity index (χ2n) is 5.81. The van der Waals surface area contributed by atoms with E-state index in [1.807, 2.05) is 12.1 Å². The maximum Gasteiger partial charge on any atom is 0.276 e. The number of nitrogens with one attached hydrogen (secondary N) is 1. The molecule has 0 saturated heterocycles. The van der Waals surface area contributed by atoms with Crippen molar-refractivity contribution in [3.8, 4) is 0 Å². The topological polar surface area (TPSA) is 57.1 Å². The highest BCUT2D eigenvalue weighted by Crippen LogP contribution is 2.35. The van der Waals surface area contributed by atoms with Gasteiger partial charge in [0.1, 0.15) is 11.5 Å². The van der Waals surface area contributed by atoms with Crippen molar-refractivity contribution in [2.24, 2.45) is 10.1 Å². The molecule has 0 fully saturated rings. The van der Waals surface area contributed by atoms with Gasteiger partial charge in [0.05, 0.1) is 15.9 Å². The Morgan fingerprint density at radius 2 is 2.11 bits per heavy atom. The van der Waals surface area contributed by atoms with Gasteiger partial charge in [-0.05, 0) is 18.2 Å². The number of para-hydroxylation sites is 1. The minimum atomic E-state index is -0.881. The third-order valence-electron chi connectivity index (χ3n) is 4.11. The van der Waals surface area contributed by atoms with Crippen molar-refractivity contribution >= 4 is 40.1 Å². The van der Waals surface area contributed by atoms with Crippen LogP contribution in [0.4, 0.5) is 4.39 Å². The molecule has 0 saturated carbocycles. The Kier molecular flexibility index (Phi) is 4.72. The van der Waals surface area contributed by atoms with Crippen LogP contribution in [0.15, 0.2) is 65.2 Å². The summed E-state index contributed by atoms with van der Waals surface area (Å²) in [5.41, 5.74) is 0.491. The number of fused-ring (bicyclic) bond motifs is 2. The van der Waals surface area contributed by atoms with Gasteiger partial charge in [-0.25, -0.2) is 9.40 Å². The van der Waals surface area contributed by atoms with Gasteiger partial charge in [0.25, 0.3) is 5.91 Å². The standard InChI is InChI=1S/C19H14ClFN4OS/c1-2-10-27-19-23-18(26)16-11-6-3-4-9-14(11)22-17(25(16)24-19)15-12(20)7-5-8-13(15)21/h2-9,17H,1,10H2,(H,23,24,26). The van der Waals surface area contributed by atoms with Gasteiger partial charge in [-0.2, -0.15) is 0 Å². The molecule has 1 unspecified atom stereocenters. The van der Waals surface area contributed by atoms with Crippen molar-refractivity contribution in [2.75, 3.05) is 5.75 Å². The molecule has 2 aromatic carbocycles. The Balaban J connectivity index is 1.96. The normalized spacial score (nSPS) is 18.1. The molecule has 8 heteroatoms. The third-order valence-corrected chi connectivity index (χ3v) is 5.30. The van der Waals surface area contributed by atoms with Crippen molar-refractivity contribution in [1.29, 1.82) is 0 Å². The first-order valence-electron chi connectivity index (χ1n) is 8.14. The van der Waals surface area contributed by atoms with E-state index < -0.39 is 12.0 Å². The monoisotopic (exact) mass is 400 g/mol. The molecular formula is C19H14ClFN4OS. The summed E-state index contributed by atoms with van der Waals surface area (Å²) in [7, 11) is 0. The van der Waals surface area contributed by atoms with Crippen LogP contribution in [0.25, 0.3) is 5.70 Å². The van der Waals surface area contributed by atoms with E-state index in [0.717, 1.165) is 0 Å². The van der Waals surface area contributed by atoms with E-state index in [1.165, 1.54) is 28.9 Å². The number of thioether (sulfide) groups is 1. The van der Waals surface area contributed by atoms with E-state index in [-0.39, 0.29) is 16.5 Å². The van der Waals surface area contributed by atoms with Gasteiger partial charge in [0, 0.05) is 11.0 Å². The summed E-state index contributed by atoms with van der Waals surface area (Å²) >= 11 is 7.59. The molecule has 0 spiro atoms. The molecule has 2 heterocycles. The molecule has 0 radical (unpaired) electrons. The average Bonchev–Trinajstić information content (AvgIpc) is 2.66. The number of hydrogen-bond donors (Lipinski definition) is 1.